The first-order valence-corrected chi connectivity index (χ1v) is 5.46. The third kappa shape index (κ3) is 4.10. The summed E-state index contributed by atoms with van der Waals surface area (Å²) in [6.07, 6.45) is 2.40. The van der Waals surface area contributed by atoms with Crippen molar-refractivity contribution >= 4 is 0 Å². The van der Waals surface area contributed by atoms with Crippen LogP contribution in [0.1, 0.15) is 40.5 Å². The van der Waals surface area contributed by atoms with Gasteiger partial charge in [0.1, 0.15) is 0 Å². The minimum absolute atomic E-state index is 0.447. The van der Waals surface area contributed by atoms with E-state index in [1.165, 1.54) is 6.42 Å². The van der Waals surface area contributed by atoms with Gasteiger partial charge in [-0.05, 0) is 25.3 Å². The molecule has 1 rings (SSSR count). The van der Waals surface area contributed by atoms with Gasteiger partial charge in [0.15, 0.2) is 0 Å². The van der Waals surface area contributed by atoms with Gasteiger partial charge in [0.2, 0.25) is 0 Å². The largest absolute Gasteiger partial charge is 0.380 e. The summed E-state index contributed by atoms with van der Waals surface area (Å²) in [6, 6.07) is 0. The van der Waals surface area contributed by atoms with Gasteiger partial charge in [-0.2, -0.15) is 0 Å². The Labute approximate surface area is 82.8 Å². The van der Waals surface area contributed by atoms with Crippen LogP contribution >= 0.6 is 0 Å². The molecule has 2 heteroatoms. The summed E-state index contributed by atoms with van der Waals surface area (Å²) in [5.41, 5.74) is 5.99. The number of hydrogen-bond acceptors (Lipinski definition) is 2. The van der Waals surface area contributed by atoms with Crippen molar-refractivity contribution in [2.45, 2.75) is 40.5 Å². The van der Waals surface area contributed by atoms with Crippen LogP contribution in [0.3, 0.4) is 0 Å². The van der Waals surface area contributed by atoms with Gasteiger partial charge < -0.3 is 10.5 Å². The Morgan fingerprint density at radius 1 is 1.31 bits per heavy atom. The van der Waals surface area contributed by atoms with E-state index in [4.69, 9.17) is 10.5 Å². The zero-order chi connectivity index (χ0) is 10.3. The van der Waals surface area contributed by atoms with Gasteiger partial charge in [0.25, 0.3) is 0 Å². The molecule has 1 heterocycles. The minimum Gasteiger partial charge on any atom is -0.380 e. The molecular formula is C11H25NO. The quantitative estimate of drug-likeness (QED) is 0.733. The van der Waals surface area contributed by atoms with Gasteiger partial charge in [-0.3, -0.25) is 0 Å². The molecule has 80 valence electrons. The maximum atomic E-state index is 5.54. The van der Waals surface area contributed by atoms with Crippen LogP contribution in [0.4, 0.5) is 0 Å². The van der Waals surface area contributed by atoms with Crippen LogP contribution in [0.15, 0.2) is 0 Å². The molecule has 0 amide bonds. The summed E-state index contributed by atoms with van der Waals surface area (Å²) < 4.78 is 5.24. The van der Waals surface area contributed by atoms with E-state index in [0.29, 0.717) is 5.41 Å². The van der Waals surface area contributed by atoms with Gasteiger partial charge in [0, 0.05) is 5.41 Å². The molecule has 13 heavy (non-hydrogen) atoms. The molecule has 1 aliphatic rings. The number of hydrogen-bond donors (Lipinski definition) is 1. The second-order valence-electron chi connectivity index (χ2n) is 4.13. The molecule has 1 fully saturated rings. The van der Waals surface area contributed by atoms with Crippen molar-refractivity contribution in [2.24, 2.45) is 17.1 Å². The van der Waals surface area contributed by atoms with Gasteiger partial charge in [-0.15, -0.1) is 0 Å². The van der Waals surface area contributed by atoms with Crippen molar-refractivity contribution in [3.8, 4) is 0 Å². The lowest BCUT2D eigenvalue weighted by atomic mass is 9.76. The predicted octanol–water partition coefficient (Wildman–Crippen LogP) is 2.42. The third-order valence-corrected chi connectivity index (χ3v) is 2.33. The second-order valence-corrected chi connectivity index (χ2v) is 4.13. The van der Waals surface area contributed by atoms with Crippen LogP contribution in [0.5, 0.6) is 0 Å². The maximum Gasteiger partial charge on any atom is 0.0545 e. The normalized spacial score (nSPS) is 18.9. The first-order chi connectivity index (χ1) is 6.18. The lowest BCUT2D eigenvalue weighted by Crippen LogP contribution is -2.44. The summed E-state index contributed by atoms with van der Waals surface area (Å²) in [4.78, 5) is 0. The van der Waals surface area contributed by atoms with Crippen molar-refractivity contribution in [3.63, 3.8) is 0 Å². The molecule has 0 spiro atoms. The van der Waals surface area contributed by atoms with Crippen molar-refractivity contribution < 1.29 is 4.74 Å². The Balaban J connectivity index is 0.000000671. The van der Waals surface area contributed by atoms with E-state index < -0.39 is 0 Å². The molecule has 0 saturated carbocycles. The monoisotopic (exact) mass is 187 g/mol. The molecular weight excluding hydrogens is 162 g/mol. The van der Waals surface area contributed by atoms with E-state index in [2.05, 4.69) is 13.8 Å². The summed E-state index contributed by atoms with van der Waals surface area (Å²) in [6.45, 7) is 11.2. The van der Waals surface area contributed by atoms with Crippen LogP contribution in [0.2, 0.25) is 0 Å². The molecule has 0 aliphatic carbocycles. The average molecular weight is 187 g/mol. The second kappa shape index (κ2) is 6.39. The Morgan fingerprint density at radius 2 is 1.85 bits per heavy atom. The van der Waals surface area contributed by atoms with Crippen LogP contribution in [0.25, 0.3) is 0 Å². The SMILES string of the molecule is CC.CC(C)CC1(CCN)COC1. The predicted molar refractivity (Wildman–Crippen MR) is 57.7 cm³/mol. The van der Waals surface area contributed by atoms with E-state index in [1.807, 2.05) is 13.8 Å². The molecule has 0 radical (unpaired) electrons. The highest BCUT2D eigenvalue weighted by Crippen LogP contribution is 2.37. The summed E-state index contributed by atoms with van der Waals surface area (Å²) in [5, 5.41) is 0. The molecule has 1 aliphatic heterocycles. The fourth-order valence-electron chi connectivity index (χ4n) is 1.93. The first kappa shape index (κ1) is 12.9. The lowest BCUT2D eigenvalue weighted by molar-refractivity contribution is -0.125. The number of rotatable bonds is 4. The molecule has 0 aromatic rings. The van der Waals surface area contributed by atoms with Crippen molar-refractivity contribution in [2.75, 3.05) is 19.8 Å². The Morgan fingerprint density at radius 3 is 2.08 bits per heavy atom. The summed E-state index contributed by atoms with van der Waals surface area (Å²) in [5.74, 6) is 0.769. The minimum atomic E-state index is 0.447. The van der Waals surface area contributed by atoms with E-state index in [0.717, 1.165) is 32.1 Å². The molecule has 0 atom stereocenters. The topological polar surface area (TPSA) is 35.2 Å². The zero-order valence-electron chi connectivity index (χ0n) is 9.60. The van der Waals surface area contributed by atoms with E-state index in [1.54, 1.807) is 0 Å². The molecule has 2 nitrogen and oxygen atoms in total. The fraction of sp³-hybridized carbons (Fsp3) is 1.00. The highest BCUT2D eigenvalue weighted by atomic mass is 16.5. The molecule has 2 N–H and O–H groups in total. The molecule has 0 aromatic carbocycles. The van der Waals surface area contributed by atoms with E-state index >= 15 is 0 Å². The Kier molecular flexibility index (Phi) is 6.35. The van der Waals surface area contributed by atoms with Crippen LogP contribution in [0, 0.1) is 11.3 Å². The van der Waals surface area contributed by atoms with Crippen LogP contribution < -0.4 is 5.73 Å². The highest BCUT2D eigenvalue weighted by Gasteiger charge is 2.37. The smallest absolute Gasteiger partial charge is 0.0545 e. The number of ether oxygens (including phenoxy) is 1. The van der Waals surface area contributed by atoms with Gasteiger partial charge in [-0.1, -0.05) is 27.7 Å². The summed E-state index contributed by atoms with van der Waals surface area (Å²) in [7, 11) is 0. The molecule has 0 bridgehead atoms. The average Bonchev–Trinajstić information content (AvgIpc) is 2.04. The molecule has 0 aromatic heterocycles. The highest BCUT2D eigenvalue weighted by molar-refractivity contribution is 4.86. The van der Waals surface area contributed by atoms with Crippen LogP contribution in [-0.2, 0) is 4.74 Å². The molecule has 1 saturated heterocycles. The van der Waals surface area contributed by atoms with E-state index in [-0.39, 0.29) is 0 Å². The van der Waals surface area contributed by atoms with Crippen molar-refractivity contribution in [1.29, 1.82) is 0 Å². The van der Waals surface area contributed by atoms with E-state index in [9.17, 15) is 0 Å². The standard InChI is InChI=1S/C9H19NO.C2H6/c1-8(2)5-9(3-4-10)6-11-7-9;1-2/h8H,3-7,10H2,1-2H3;1-2H3. The Hall–Kier alpha value is -0.0800. The van der Waals surface area contributed by atoms with Gasteiger partial charge >= 0.3 is 0 Å². The summed E-state index contributed by atoms with van der Waals surface area (Å²) >= 11 is 0. The third-order valence-electron chi connectivity index (χ3n) is 2.33. The fourth-order valence-corrected chi connectivity index (χ4v) is 1.93. The Bertz CT molecular complexity index is 119. The zero-order valence-corrected chi connectivity index (χ0v) is 9.60. The van der Waals surface area contributed by atoms with Gasteiger partial charge in [0.05, 0.1) is 13.2 Å². The maximum absolute atomic E-state index is 5.54. The number of nitrogens with two attached hydrogens (primary N) is 1. The lowest BCUT2D eigenvalue weighted by Gasteiger charge is -2.42. The van der Waals surface area contributed by atoms with Crippen molar-refractivity contribution in [1.82, 2.24) is 0 Å². The first-order valence-electron chi connectivity index (χ1n) is 5.46. The van der Waals surface area contributed by atoms with Gasteiger partial charge in [-0.25, -0.2) is 0 Å². The van der Waals surface area contributed by atoms with Crippen LogP contribution in [-0.4, -0.2) is 19.8 Å². The van der Waals surface area contributed by atoms with Crippen molar-refractivity contribution in [3.05, 3.63) is 0 Å². The molecule has 0 unspecified atom stereocenters.